The third-order valence-electron chi connectivity index (χ3n) is 5.41. The van der Waals surface area contributed by atoms with Crippen LogP contribution in [0.5, 0.6) is 5.75 Å². The van der Waals surface area contributed by atoms with Crippen molar-refractivity contribution < 1.29 is 9.53 Å². The number of rotatable bonds is 8. The Kier molecular flexibility index (Phi) is 7.60. The molecule has 2 aromatic rings. The van der Waals surface area contributed by atoms with E-state index in [1.807, 2.05) is 24.0 Å². The molecule has 2 heterocycles. The van der Waals surface area contributed by atoms with E-state index in [0.29, 0.717) is 16.9 Å². The van der Waals surface area contributed by atoms with Crippen molar-refractivity contribution in [3.8, 4) is 5.75 Å². The molecule has 1 fully saturated rings. The van der Waals surface area contributed by atoms with E-state index in [2.05, 4.69) is 48.0 Å². The first-order chi connectivity index (χ1) is 14.4. The molecule has 164 valence electrons. The first-order valence-electron chi connectivity index (χ1n) is 10.5. The molecule has 1 atom stereocenters. The number of likely N-dealkylation sites (N-methyl/N-ethyl adjacent to an activating group) is 1. The lowest BCUT2D eigenvalue weighted by molar-refractivity contribution is -0.132. The number of carbonyl (C=O) groups excluding carboxylic acids is 1. The first-order valence-corrected chi connectivity index (χ1v) is 11.4. The average Bonchev–Trinajstić information content (AvgIpc) is 3.11. The summed E-state index contributed by atoms with van der Waals surface area (Å²) in [6.07, 6.45) is 0. The normalized spacial score (nSPS) is 16.1. The average molecular weight is 433 g/mol. The maximum atomic E-state index is 12.8. The minimum atomic E-state index is -0.276. The summed E-state index contributed by atoms with van der Waals surface area (Å²) in [4.78, 5) is 17.0. The van der Waals surface area contributed by atoms with E-state index >= 15 is 0 Å². The quantitative estimate of drug-likeness (QED) is 0.506. The SMILES string of the molecule is CCN1CCN(C(=O)C(C)Sc2nnc(COc3ccc(C(C)C)cc3)n2N)CC1. The largest absolute Gasteiger partial charge is 0.486 e. The Balaban J connectivity index is 1.53. The summed E-state index contributed by atoms with van der Waals surface area (Å²) >= 11 is 1.33. The van der Waals surface area contributed by atoms with Crippen LogP contribution in [0.25, 0.3) is 0 Å². The summed E-state index contributed by atoms with van der Waals surface area (Å²) in [7, 11) is 0. The number of thioether (sulfide) groups is 1. The highest BCUT2D eigenvalue weighted by Gasteiger charge is 2.26. The van der Waals surface area contributed by atoms with Crippen LogP contribution in [-0.2, 0) is 11.4 Å². The summed E-state index contributed by atoms with van der Waals surface area (Å²) in [5.41, 5.74) is 1.26. The second-order valence-corrected chi connectivity index (χ2v) is 9.11. The van der Waals surface area contributed by atoms with Crippen LogP contribution in [0.15, 0.2) is 29.4 Å². The molecule has 8 nitrogen and oxygen atoms in total. The van der Waals surface area contributed by atoms with Crippen LogP contribution in [-0.4, -0.2) is 68.6 Å². The summed E-state index contributed by atoms with van der Waals surface area (Å²) in [6.45, 7) is 13.0. The number of hydrogen-bond acceptors (Lipinski definition) is 7. The lowest BCUT2D eigenvalue weighted by Crippen LogP contribution is -2.50. The molecule has 1 aliphatic rings. The molecule has 1 amide bonds. The Labute approximate surface area is 182 Å². The molecule has 0 aliphatic carbocycles. The lowest BCUT2D eigenvalue weighted by Gasteiger charge is -2.35. The Bertz CT molecular complexity index is 831. The van der Waals surface area contributed by atoms with Crippen molar-refractivity contribution >= 4 is 17.7 Å². The topological polar surface area (TPSA) is 89.5 Å². The number of aromatic nitrogens is 3. The molecule has 0 saturated carbocycles. The van der Waals surface area contributed by atoms with Crippen molar-refractivity contribution in [2.24, 2.45) is 0 Å². The van der Waals surface area contributed by atoms with Gasteiger partial charge in [-0.2, -0.15) is 0 Å². The molecule has 9 heteroatoms. The Morgan fingerprint density at radius 2 is 1.80 bits per heavy atom. The number of ether oxygens (including phenoxy) is 1. The molecule has 2 N–H and O–H groups in total. The zero-order valence-electron chi connectivity index (χ0n) is 18.2. The molecule has 0 radical (unpaired) electrons. The van der Waals surface area contributed by atoms with Gasteiger partial charge in [0.15, 0.2) is 5.82 Å². The van der Waals surface area contributed by atoms with Gasteiger partial charge in [-0.3, -0.25) is 4.79 Å². The summed E-state index contributed by atoms with van der Waals surface area (Å²) in [6, 6.07) is 8.01. The predicted octanol–water partition coefficient (Wildman–Crippen LogP) is 2.34. The molecule has 1 aromatic carbocycles. The van der Waals surface area contributed by atoms with Crippen LogP contribution >= 0.6 is 11.8 Å². The number of hydrogen-bond donors (Lipinski definition) is 1. The number of benzene rings is 1. The maximum Gasteiger partial charge on any atom is 0.235 e. The highest BCUT2D eigenvalue weighted by molar-refractivity contribution is 8.00. The van der Waals surface area contributed by atoms with Crippen LogP contribution < -0.4 is 10.6 Å². The standard InChI is InChI=1S/C21H32N6O2S/c1-5-25-10-12-26(13-11-25)20(28)16(4)30-21-24-23-19(27(21)22)14-29-18-8-6-17(7-9-18)15(2)3/h6-9,15-16H,5,10-14,22H2,1-4H3. The minimum absolute atomic E-state index is 0.113. The van der Waals surface area contributed by atoms with Crippen LogP contribution in [0.2, 0.25) is 0 Å². The number of nitrogens with two attached hydrogens (primary N) is 1. The molecular weight excluding hydrogens is 400 g/mol. The Morgan fingerprint density at radius 1 is 1.13 bits per heavy atom. The van der Waals surface area contributed by atoms with Crippen molar-refractivity contribution in [1.29, 1.82) is 0 Å². The van der Waals surface area contributed by atoms with Gasteiger partial charge in [-0.25, -0.2) is 4.68 Å². The molecule has 1 unspecified atom stereocenters. The van der Waals surface area contributed by atoms with Crippen LogP contribution in [0.4, 0.5) is 0 Å². The third kappa shape index (κ3) is 5.46. The van der Waals surface area contributed by atoms with Gasteiger partial charge < -0.3 is 20.4 Å². The van der Waals surface area contributed by atoms with E-state index in [0.717, 1.165) is 38.5 Å². The first kappa shape index (κ1) is 22.4. The second kappa shape index (κ2) is 10.2. The molecular formula is C21H32N6O2S. The minimum Gasteiger partial charge on any atom is -0.486 e. The maximum absolute atomic E-state index is 12.8. The highest BCUT2D eigenvalue weighted by atomic mass is 32.2. The van der Waals surface area contributed by atoms with Crippen molar-refractivity contribution in [2.45, 2.75) is 50.6 Å². The predicted molar refractivity (Wildman–Crippen MR) is 119 cm³/mol. The van der Waals surface area contributed by atoms with Crippen molar-refractivity contribution in [3.05, 3.63) is 35.7 Å². The zero-order chi connectivity index (χ0) is 21.7. The van der Waals surface area contributed by atoms with Crippen molar-refractivity contribution in [2.75, 3.05) is 38.6 Å². The van der Waals surface area contributed by atoms with Gasteiger partial charge in [0.25, 0.3) is 0 Å². The van der Waals surface area contributed by atoms with E-state index in [1.54, 1.807) is 0 Å². The Hall–Kier alpha value is -2.26. The van der Waals surface area contributed by atoms with Gasteiger partial charge in [-0.15, -0.1) is 10.2 Å². The van der Waals surface area contributed by atoms with Gasteiger partial charge in [0.1, 0.15) is 12.4 Å². The summed E-state index contributed by atoms with van der Waals surface area (Å²) in [5.74, 6) is 8.02. The van der Waals surface area contributed by atoms with Crippen LogP contribution in [0.1, 0.15) is 45.0 Å². The molecule has 1 aromatic heterocycles. The van der Waals surface area contributed by atoms with Crippen molar-refractivity contribution in [3.63, 3.8) is 0 Å². The van der Waals surface area contributed by atoms with Gasteiger partial charge in [0.05, 0.1) is 5.25 Å². The van der Waals surface area contributed by atoms with Gasteiger partial charge in [-0.05, 0) is 37.1 Å². The van der Waals surface area contributed by atoms with Gasteiger partial charge >= 0.3 is 0 Å². The molecule has 30 heavy (non-hydrogen) atoms. The molecule has 3 rings (SSSR count). The third-order valence-corrected chi connectivity index (χ3v) is 6.46. The van der Waals surface area contributed by atoms with E-state index < -0.39 is 0 Å². The van der Waals surface area contributed by atoms with E-state index in [4.69, 9.17) is 10.6 Å². The second-order valence-electron chi connectivity index (χ2n) is 7.80. The molecule has 1 saturated heterocycles. The van der Waals surface area contributed by atoms with Gasteiger partial charge in [0, 0.05) is 26.2 Å². The van der Waals surface area contributed by atoms with Gasteiger partial charge in [0.2, 0.25) is 11.1 Å². The van der Waals surface area contributed by atoms with Crippen LogP contribution in [0, 0.1) is 0 Å². The smallest absolute Gasteiger partial charge is 0.235 e. The lowest BCUT2D eigenvalue weighted by atomic mass is 10.0. The summed E-state index contributed by atoms with van der Waals surface area (Å²) < 4.78 is 7.21. The number of piperazine rings is 1. The molecule has 1 aliphatic heterocycles. The monoisotopic (exact) mass is 432 g/mol. The molecule has 0 bridgehead atoms. The number of carbonyl (C=O) groups is 1. The molecule has 0 spiro atoms. The number of nitrogen functional groups attached to an aromatic ring is 1. The van der Waals surface area contributed by atoms with E-state index in [1.165, 1.54) is 22.0 Å². The fourth-order valence-electron chi connectivity index (χ4n) is 3.33. The van der Waals surface area contributed by atoms with Gasteiger partial charge in [-0.1, -0.05) is 44.7 Å². The number of nitrogens with zero attached hydrogens (tertiary/aromatic N) is 5. The van der Waals surface area contributed by atoms with E-state index in [-0.39, 0.29) is 17.8 Å². The van der Waals surface area contributed by atoms with E-state index in [9.17, 15) is 4.79 Å². The highest BCUT2D eigenvalue weighted by Crippen LogP contribution is 2.24. The van der Waals surface area contributed by atoms with Crippen LogP contribution in [0.3, 0.4) is 0 Å². The van der Waals surface area contributed by atoms with Crippen molar-refractivity contribution in [1.82, 2.24) is 24.7 Å². The number of amides is 1. The summed E-state index contributed by atoms with van der Waals surface area (Å²) in [5, 5.41) is 8.52. The fourth-order valence-corrected chi connectivity index (χ4v) is 4.21. The fraction of sp³-hybridized carbons (Fsp3) is 0.571. The zero-order valence-corrected chi connectivity index (χ0v) is 19.1. The Morgan fingerprint density at radius 3 is 2.40 bits per heavy atom.